The van der Waals surface area contributed by atoms with Crippen LogP contribution >= 0.6 is 11.3 Å². The minimum absolute atomic E-state index is 0.235. The second kappa shape index (κ2) is 12.2. The van der Waals surface area contributed by atoms with E-state index in [0.29, 0.717) is 37.4 Å². The minimum atomic E-state index is -4.39. The SMILES string of the molecule is Cc1ccc(CN(Cc2cccc(C(F)(F)F)c2)Cc2nc(C(=O)NCCc3ccccc3)cs2)cc1. The van der Waals surface area contributed by atoms with Crippen molar-refractivity contribution in [1.82, 2.24) is 15.2 Å². The van der Waals surface area contributed by atoms with E-state index in [2.05, 4.69) is 10.3 Å². The van der Waals surface area contributed by atoms with Crippen molar-refractivity contribution < 1.29 is 18.0 Å². The fraction of sp³-hybridized carbons (Fsp3) is 0.241. The van der Waals surface area contributed by atoms with Crippen molar-refractivity contribution in [3.63, 3.8) is 0 Å². The highest BCUT2D eigenvalue weighted by molar-refractivity contribution is 7.09. The van der Waals surface area contributed by atoms with E-state index in [9.17, 15) is 18.0 Å². The van der Waals surface area contributed by atoms with E-state index in [-0.39, 0.29) is 5.91 Å². The van der Waals surface area contributed by atoms with Gasteiger partial charge in [-0.05, 0) is 36.1 Å². The van der Waals surface area contributed by atoms with Crippen LogP contribution in [0.15, 0.2) is 84.2 Å². The highest BCUT2D eigenvalue weighted by atomic mass is 32.1. The van der Waals surface area contributed by atoms with Gasteiger partial charge in [-0.25, -0.2) is 4.98 Å². The lowest BCUT2D eigenvalue weighted by Gasteiger charge is -2.22. The van der Waals surface area contributed by atoms with Crippen LogP contribution in [-0.2, 0) is 32.2 Å². The third kappa shape index (κ3) is 8.00. The zero-order valence-electron chi connectivity index (χ0n) is 20.5. The number of aromatic nitrogens is 1. The predicted molar refractivity (Wildman–Crippen MR) is 140 cm³/mol. The number of rotatable bonds is 10. The number of nitrogens with one attached hydrogen (secondary N) is 1. The van der Waals surface area contributed by atoms with E-state index in [0.717, 1.165) is 34.2 Å². The number of alkyl halides is 3. The lowest BCUT2D eigenvalue weighted by Crippen LogP contribution is -2.26. The molecule has 4 nitrogen and oxygen atoms in total. The molecule has 8 heteroatoms. The van der Waals surface area contributed by atoms with Crippen LogP contribution in [0, 0.1) is 6.92 Å². The van der Waals surface area contributed by atoms with Gasteiger partial charge in [0.05, 0.1) is 12.1 Å². The molecule has 1 N–H and O–H groups in total. The number of carbonyl (C=O) groups excluding carboxylic acids is 1. The molecule has 0 unspecified atom stereocenters. The molecule has 0 saturated heterocycles. The number of halogens is 3. The molecule has 0 fully saturated rings. The number of benzene rings is 3. The fourth-order valence-electron chi connectivity index (χ4n) is 3.96. The Bertz CT molecular complexity index is 1300. The van der Waals surface area contributed by atoms with Crippen LogP contribution in [0.5, 0.6) is 0 Å². The summed E-state index contributed by atoms with van der Waals surface area (Å²) in [5.41, 5.74) is 3.58. The van der Waals surface area contributed by atoms with Crippen molar-refractivity contribution in [2.45, 2.75) is 39.2 Å². The zero-order chi connectivity index (χ0) is 26.3. The van der Waals surface area contributed by atoms with E-state index in [1.165, 1.54) is 23.5 Å². The summed E-state index contributed by atoms with van der Waals surface area (Å²) in [6.07, 6.45) is -3.67. The Hall–Kier alpha value is -3.49. The summed E-state index contributed by atoms with van der Waals surface area (Å²) in [4.78, 5) is 19.1. The number of thiazole rings is 1. The van der Waals surface area contributed by atoms with Crippen LogP contribution in [0.4, 0.5) is 13.2 Å². The van der Waals surface area contributed by atoms with Crippen LogP contribution < -0.4 is 5.32 Å². The predicted octanol–water partition coefficient (Wildman–Crippen LogP) is 6.65. The van der Waals surface area contributed by atoms with Gasteiger partial charge in [-0.15, -0.1) is 11.3 Å². The van der Waals surface area contributed by atoms with Crippen molar-refractivity contribution in [2.24, 2.45) is 0 Å². The monoisotopic (exact) mass is 523 g/mol. The molecular weight excluding hydrogens is 495 g/mol. The molecule has 0 saturated carbocycles. The van der Waals surface area contributed by atoms with Crippen LogP contribution in [-0.4, -0.2) is 22.3 Å². The Labute approximate surface area is 218 Å². The Kier molecular flexibility index (Phi) is 8.74. The molecule has 1 aromatic heterocycles. The van der Waals surface area contributed by atoms with Crippen LogP contribution in [0.2, 0.25) is 0 Å². The van der Waals surface area contributed by atoms with Crippen molar-refractivity contribution in [3.8, 4) is 0 Å². The topological polar surface area (TPSA) is 45.2 Å². The van der Waals surface area contributed by atoms with Crippen LogP contribution in [0.25, 0.3) is 0 Å². The third-order valence-corrected chi connectivity index (χ3v) is 6.71. The number of carbonyl (C=O) groups is 1. The molecule has 0 aliphatic rings. The molecule has 3 aromatic carbocycles. The van der Waals surface area contributed by atoms with Crippen molar-refractivity contribution in [2.75, 3.05) is 6.54 Å². The molecule has 4 rings (SSSR count). The molecule has 0 aliphatic carbocycles. The molecular formula is C29H28F3N3OS. The maximum atomic E-state index is 13.2. The number of amides is 1. The minimum Gasteiger partial charge on any atom is -0.350 e. The Morgan fingerprint density at radius 3 is 2.32 bits per heavy atom. The Balaban J connectivity index is 1.44. The lowest BCUT2D eigenvalue weighted by molar-refractivity contribution is -0.137. The van der Waals surface area contributed by atoms with Crippen molar-refractivity contribution in [1.29, 1.82) is 0 Å². The van der Waals surface area contributed by atoms with Gasteiger partial charge in [-0.1, -0.05) is 78.4 Å². The molecule has 192 valence electrons. The fourth-order valence-corrected chi connectivity index (χ4v) is 4.77. The molecule has 0 bridgehead atoms. The lowest BCUT2D eigenvalue weighted by atomic mass is 10.1. The summed E-state index contributed by atoms with van der Waals surface area (Å²) in [7, 11) is 0. The summed E-state index contributed by atoms with van der Waals surface area (Å²) >= 11 is 1.37. The van der Waals surface area contributed by atoms with Crippen LogP contribution in [0.3, 0.4) is 0 Å². The largest absolute Gasteiger partial charge is 0.416 e. The molecule has 4 aromatic rings. The van der Waals surface area contributed by atoms with Gasteiger partial charge in [0.15, 0.2) is 0 Å². The number of aryl methyl sites for hydroxylation is 1. The van der Waals surface area contributed by atoms with Gasteiger partial charge >= 0.3 is 6.18 Å². The maximum Gasteiger partial charge on any atom is 0.416 e. The first-order valence-corrected chi connectivity index (χ1v) is 12.8. The van der Waals surface area contributed by atoms with E-state index in [4.69, 9.17) is 0 Å². The van der Waals surface area contributed by atoms with Gasteiger partial charge < -0.3 is 5.32 Å². The summed E-state index contributed by atoms with van der Waals surface area (Å²) in [6, 6.07) is 23.4. The summed E-state index contributed by atoms with van der Waals surface area (Å²) < 4.78 is 39.7. The molecule has 1 heterocycles. The van der Waals surface area contributed by atoms with Gasteiger partial charge in [0.25, 0.3) is 5.91 Å². The summed E-state index contributed by atoms with van der Waals surface area (Å²) in [6.45, 7) is 3.77. The quantitative estimate of drug-likeness (QED) is 0.253. The van der Waals surface area contributed by atoms with Gasteiger partial charge in [0.1, 0.15) is 10.7 Å². The third-order valence-electron chi connectivity index (χ3n) is 5.87. The van der Waals surface area contributed by atoms with E-state index in [1.54, 1.807) is 11.4 Å². The molecule has 0 atom stereocenters. The number of hydrogen-bond donors (Lipinski definition) is 1. The maximum absolute atomic E-state index is 13.2. The van der Waals surface area contributed by atoms with E-state index in [1.807, 2.05) is 66.4 Å². The first-order chi connectivity index (χ1) is 17.8. The first-order valence-electron chi connectivity index (χ1n) is 12.0. The Morgan fingerprint density at radius 2 is 1.59 bits per heavy atom. The molecule has 0 spiro atoms. The van der Waals surface area contributed by atoms with Gasteiger partial charge in [0.2, 0.25) is 0 Å². The average Bonchev–Trinajstić information content (AvgIpc) is 3.34. The smallest absolute Gasteiger partial charge is 0.350 e. The summed E-state index contributed by atoms with van der Waals surface area (Å²) in [5, 5.41) is 5.36. The molecule has 37 heavy (non-hydrogen) atoms. The van der Waals surface area contributed by atoms with Crippen LogP contribution in [0.1, 0.15) is 43.3 Å². The van der Waals surface area contributed by atoms with Gasteiger partial charge in [-0.3, -0.25) is 9.69 Å². The average molecular weight is 524 g/mol. The highest BCUT2D eigenvalue weighted by Crippen LogP contribution is 2.30. The van der Waals surface area contributed by atoms with Crippen molar-refractivity contribution >= 4 is 17.2 Å². The molecule has 1 amide bonds. The zero-order valence-corrected chi connectivity index (χ0v) is 21.3. The number of hydrogen-bond acceptors (Lipinski definition) is 4. The normalized spacial score (nSPS) is 11.6. The molecule has 0 radical (unpaired) electrons. The van der Waals surface area contributed by atoms with Gasteiger partial charge in [0, 0.05) is 25.0 Å². The number of nitrogens with zero attached hydrogens (tertiary/aromatic N) is 2. The Morgan fingerprint density at radius 1 is 0.892 bits per heavy atom. The van der Waals surface area contributed by atoms with Crippen molar-refractivity contribution in [3.05, 3.63) is 123 Å². The molecule has 0 aliphatic heterocycles. The van der Waals surface area contributed by atoms with E-state index < -0.39 is 11.7 Å². The van der Waals surface area contributed by atoms with E-state index >= 15 is 0 Å². The highest BCUT2D eigenvalue weighted by Gasteiger charge is 2.30. The second-order valence-corrected chi connectivity index (χ2v) is 9.89. The first kappa shape index (κ1) is 26.6. The second-order valence-electron chi connectivity index (χ2n) is 8.95. The summed E-state index contributed by atoms with van der Waals surface area (Å²) in [5.74, 6) is -0.235. The van der Waals surface area contributed by atoms with Gasteiger partial charge in [-0.2, -0.15) is 13.2 Å². The standard InChI is InChI=1S/C29H28F3N3OS/c1-21-10-12-23(13-11-21)17-35(18-24-8-5-9-25(16-24)29(30,31)32)19-27-34-26(20-37-27)28(36)33-15-14-22-6-3-2-4-7-22/h2-13,16,20H,14-15,17-19H2,1H3,(H,33,36).